The van der Waals surface area contributed by atoms with Crippen LogP contribution in [0.25, 0.3) is 0 Å². The maximum absolute atomic E-state index is 11.6. The van der Waals surface area contributed by atoms with Crippen LogP contribution in [0.1, 0.15) is 26.7 Å². The zero-order valence-electron chi connectivity index (χ0n) is 8.95. The summed E-state index contributed by atoms with van der Waals surface area (Å²) in [5.74, 6) is 0.348. The van der Waals surface area contributed by atoms with Gasteiger partial charge in [-0.1, -0.05) is 6.92 Å². The lowest BCUT2D eigenvalue weighted by Crippen LogP contribution is -2.38. The molecule has 0 spiro atoms. The lowest BCUT2D eigenvalue weighted by atomic mass is 10.0. The molecule has 1 amide bonds. The summed E-state index contributed by atoms with van der Waals surface area (Å²) in [4.78, 5) is 11.6. The van der Waals surface area contributed by atoms with Gasteiger partial charge >= 0.3 is 0 Å². The number of rotatable bonds is 4. The van der Waals surface area contributed by atoms with Gasteiger partial charge in [0.05, 0.1) is 0 Å². The maximum Gasteiger partial charge on any atom is 0.249 e. The quantitative estimate of drug-likeness (QED) is 0.684. The number of hydrogen-bond acceptors (Lipinski definition) is 3. The molecule has 1 rings (SSSR count). The molecule has 14 heavy (non-hydrogen) atoms. The summed E-state index contributed by atoms with van der Waals surface area (Å²) in [6, 6.07) is 0.136. The van der Waals surface area contributed by atoms with Crippen LogP contribution >= 0.6 is 0 Å². The molecule has 4 heteroatoms. The standard InChI is InChI=1S/C10H20N2O2/c1-7-4-6-14-9(7)10(13)12-5-3-8(2)11/h7-9H,3-6,11H2,1-2H3,(H,12,13). The second-order valence-electron chi connectivity index (χ2n) is 4.11. The van der Waals surface area contributed by atoms with Crippen LogP contribution in [0, 0.1) is 5.92 Å². The highest BCUT2D eigenvalue weighted by atomic mass is 16.5. The molecule has 3 unspecified atom stereocenters. The van der Waals surface area contributed by atoms with E-state index in [9.17, 15) is 4.79 Å². The van der Waals surface area contributed by atoms with Gasteiger partial charge in [0.2, 0.25) is 5.91 Å². The number of ether oxygens (including phenoxy) is 1. The third-order valence-electron chi connectivity index (χ3n) is 2.54. The van der Waals surface area contributed by atoms with E-state index in [1.165, 1.54) is 0 Å². The first-order chi connectivity index (χ1) is 6.61. The summed E-state index contributed by atoms with van der Waals surface area (Å²) in [5, 5.41) is 2.84. The Labute approximate surface area is 85.2 Å². The van der Waals surface area contributed by atoms with E-state index < -0.39 is 0 Å². The molecule has 0 aliphatic carbocycles. The monoisotopic (exact) mass is 200 g/mol. The Kier molecular flexibility index (Phi) is 4.35. The fourth-order valence-electron chi connectivity index (χ4n) is 1.55. The molecule has 0 aromatic rings. The van der Waals surface area contributed by atoms with Crippen molar-refractivity contribution in [2.75, 3.05) is 13.2 Å². The van der Waals surface area contributed by atoms with Gasteiger partial charge in [0.1, 0.15) is 6.10 Å². The minimum atomic E-state index is -0.247. The lowest BCUT2D eigenvalue weighted by molar-refractivity contribution is -0.131. The Hall–Kier alpha value is -0.610. The van der Waals surface area contributed by atoms with Crippen LogP contribution in [0.3, 0.4) is 0 Å². The van der Waals surface area contributed by atoms with Gasteiger partial charge in [-0.3, -0.25) is 4.79 Å². The molecule has 3 atom stereocenters. The molecule has 0 bridgehead atoms. The van der Waals surface area contributed by atoms with Gasteiger partial charge in [-0.25, -0.2) is 0 Å². The largest absolute Gasteiger partial charge is 0.368 e. The van der Waals surface area contributed by atoms with Gasteiger partial charge in [-0.05, 0) is 25.7 Å². The Morgan fingerprint density at radius 2 is 2.43 bits per heavy atom. The maximum atomic E-state index is 11.6. The predicted octanol–water partition coefficient (Wildman–Crippen LogP) is 0.265. The Bertz CT molecular complexity index is 195. The van der Waals surface area contributed by atoms with Crippen molar-refractivity contribution in [1.29, 1.82) is 0 Å². The first-order valence-electron chi connectivity index (χ1n) is 5.26. The van der Waals surface area contributed by atoms with Crippen LogP contribution in [0.4, 0.5) is 0 Å². The zero-order valence-corrected chi connectivity index (χ0v) is 8.95. The van der Waals surface area contributed by atoms with E-state index in [0.29, 0.717) is 19.1 Å². The fourth-order valence-corrected chi connectivity index (χ4v) is 1.55. The van der Waals surface area contributed by atoms with Crippen LogP contribution in [0.15, 0.2) is 0 Å². The average Bonchev–Trinajstić information content (AvgIpc) is 2.50. The number of nitrogens with one attached hydrogen (secondary N) is 1. The van der Waals surface area contributed by atoms with Crippen molar-refractivity contribution in [1.82, 2.24) is 5.32 Å². The molecule has 0 aromatic carbocycles. The second kappa shape index (κ2) is 5.32. The highest BCUT2D eigenvalue weighted by Gasteiger charge is 2.30. The van der Waals surface area contributed by atoms with Gasteiger partial charge in [-0.15, -0.1) is 0 Å². The van der Waals surface area contributed by atoms with E-state index in [-0.39, 0.29) is 18.1 Å². The van der Waals surface area contributed by atoms with Crippen molar-refractivity contribution in [3.8, 4) is 0 Å². The molecular weight excluding hydrogens is 180 g/mol. The van der Waals surface area contributed by atoms with E-state index in [1.54, 1.807) is 0 Å². The SMILES string of the molecule is CC(N)CCNC(=O)C1OCCC1C. The van der Waals surface area contributed by atoms with E-state index >= 15 is 0 Å². The first kappa shape index (κ1) is 11.5. The highest BCUT2D eigenvalue weighted by Crippen LogP contribution is 2.19. The molecule has 4 nitrogen and oxygen atoms in total. The summed E-state index contributed by atoms with van der Waals surface area (Å²) in [7, 11) is 0. The third kappa shape index (κ3) is 3.27. The number of amides is 1. The first-order valence-corrected chi connectivity index (χ1v) is 5.26. The summed E-state index contributed by atoms with van der Waals surface area (Å²) in [6.07, 6.45) is 1.54. The van der Waals surface area contributed by atoms with Crippen molar-refractivity contribution in [2.24, 2.45) is 11.7 Å². The van der Waals surface area contributed by atoms with Crippen LogP contribution in [-0.4, -0.2) is 31.2 Å². The van der Waals surface area contributed by atoms with Crippen molar-refractivity contribution in [2.45, 2.75) is 38.8 Å². The van der Waals surface area contributed by atoms with E-state index in [1.807, 2.05) is 13.8 Å². The molecule has 1 aliphatic heterocycles. The summed E-state index contributed by atoms with van der Waals surface area (Å²) in [5.41, 5.74) is 5.58. The van der Waals surface area contributed by atoms with Crippen LogP contribution in [-0.2, 0) is 9.53 Å². The second-order valence-corrected chi connectivity index (χ2v) is 4.11. The number of carbonyl (C=O) groups is 1. The highest BCUT2D eigenvalue weighted by molar-refractivity contribution is 5.81. The minimum absolute atomic E-state index is 0.00986. The van der Waals surface area contributed by atoms with Crippen LogP contribution < -0.4 is 11.1 Å². The Balaban J connectivity index is 2.21. The zero-order chi connectivity index (χ0) is 10.6. The molecule has 1 heterocycles. The average molecular weight is 200 g/mol. The third-order valence-corrected chi connectivity index (χ3v) is 2.54. The molecule has 82 valence electrons. The summed E-state index contributed by atoms with van der Waals surface area (Å²) >= 11 is 0. The topological polar surface area (TPSA) is 64.3 Å². The number of hydrogen-bond donors (Lipinski definition) is 2. The van der Waals surface area contributed by atoms with Gasteiger partial charge in [-0.2, -0.15) is 0 Å². The normalized spacial score (nSPS) is 28.8. The molecule has 3 N–H and O–H groups in total. The minimum Gasteiger partial charge on any atom is -0.368 e. The van der Waals surface area contributed by atoms with Crippen molar-refractivity contribution in [3.63, 3.8) is 0 Å². The Morgan fingerprint density at radius 3 is 2.93 bits per heavy atom. The molecule has 1 fully saturated rings. The summed E-state index contributed by atoms with van der Waals surface area (Å²) in [6.45, 7) is 5.32. The van der Waals surface area contributed by atoms with Gasteiger partial charge in [0, 0.05) is 19.2 Å². The smallest absolute Gasteiger partial charge is 0.249 e. The molecule has 1 saturated heterocycles. The van der Waals surface area contributed by atoms with Gasteiger partial charge in [0.25, 0.3) is 0 Å². The van der Waals surface area contributed by atoms with E-state index in [0.717, 1.165) is 12.8 Å². The molecule has 0 saturated carbocycles. The van der Waals surface area contributed by atoms with Crippen LogP contribution in [0.5, 0.6) is 0 Å². The van der Waals surface area contributed by atoms with Crippen molar-refractivity contribution in [3.05, 3.63) is 0 Å². The van der Waals surface area contributed by atoms with E-state index in [2.05, 4.69) is 5.32 Å². The van der Waals surface area contributed by atoms with Gasteiger partial charge < -0.3 is 15.8 Å². The van der Waals surface area contributed by atoms with Gasteiger partial charge in [0.15, 0.2) is 0 Å². The predicted molar refractivity (Wildman–Crippen MR) is 54.8 cm³/mol. The lowest BCUT2D eigenvalue weighted by Gasteiger charge is -2.14. The molecule has 1 aliphatic rings. The Morgan fingerprint density at radius 1 is 1.71 bits per heavy atom. The van der Waals surface area contributed by atoms with Crippen molar-refractivity contribution < 1.29 is 9.53 Å². The van der Waals surface area contributed by atoms with E-state index in [4.69, 9.17) is 10.5 Å². The number of nitrogens with two attached hydrogens (primary N) is 1. The molecule has 0 radical (unpaired) electrons. The molecule has 0 aromatic heterocycles. The van der Waals surface area contributed by atoms with Crippen LogP contribution in [0.2, 0.25) is 0 Å². The number of carbonyl (C=O) groups excluding carboxylic acids is 1. The van der Waals surface area contributed by atoms with Crippen molar-refractivity contribution >= 4 is 5.91 Å². The molecular formula is C10H20N2O2. The summed E-state index contributed by atoms with van der Waals surface area (Å²) < 4.78 is 5.34. The fraction of sp³-hybridized carbons (Fsp3) is 0.900.